The minimum Gasteiger partial charge on any atom is -0.482 e. The molecule has 98 valence electrons. The maximum Gasteiger partial charge on any atom is 0.310 e. The largest absolute Gasteiger partial charge is 0.482 e. The summed E-state index contributed by atoms with van der Waals surface area (Å²) >= 11 is 0. The van der Waals surface area contributed by atoms with E-state index in [4.69, 9.17) is 9.84 Å². The molecule has 1 aromatic carbocycles. The summed E-state index contributed by atoms with van der Waals surface area (Å²) < 4.78 is 5.43. The van der Waals surface area contributed by atoms with Crippen LogP contribution >= 0.6 is 0 Å². The van der Waals surface area contributed by atoms with Crippen molar-refractivity contribution in [2.75, 3.05) is 0 Å². The molecule has 0 saturated heterocycles. The Morgan fingerprint density at radius 3 is 2.79 bits per heavy atom. The summed E-state index contributed by atoms with van der Waals surface area (Å²) in [5.74, 6) is 0.139. The van der Waals surface area contributed by atoms with Crippen molar-refractivity contribution in [3.05, 3.63) is 64.0 Å². The zero-order valence-electron chi connectivity index (χ0n) is 10.0. The summed E-state index contributed by atoms with van der Waals surface area (Å²) in [5.41, 5.74) is 1.25. The Hall–Kier alpha value is -2.47. The van der Waals surface area contributed by atoms with Gasteiger partial charge < -0.3 is 9.84 Å². The summed E-state index contributed by atoms with van der Waals surface area (Å²) in [6.45, 7) is -0.00912. The number of aliphatic hydroxyl groups excluding tert-OH is 1. The van der Waals surface area contributed by atoms with Crippen LogP contribution in [0.4, 0.5) is 5.69 Å². The topological polar surface area (TPSA) is 85.5 Å². The summed E-state index contributed by atoms with van der Waals surface area (Å²) in [7, 11) is 0. The third-order valence-electron chi connectivity index (χ3n) is 2.52. The lowest BCUT2D eigenvalue weighted by atomic mass is 10.2. The Bertz CT molecular complexity index is 572. The quantitative estimate of drug-likeness (QED) is 0.657. The molecule has 0 aliphatic carbocycles. The number of pyridine rings is 1. The van der Waals surface area contributed by atoms with E-state index in [-0.39, 0.29) is 24.7 Å². The first-order valence-electron chi connectivity index (χ1n) is 5.60. The minimum atomic E-state index is -0.514. The number of benzene rings is 1. The van der Waals surface area contributed by atoms with Crippen molar-refractivity contribution >= 4 is 5.69 Å². The third kappa shape index (κ3) is 3.26. The summed E-state index contributed by atoms with van der Waals surface area (Å²) in [5, 5.41) is 19.9. The Labute approximate surface area is 109 Å². The second-order valence-electron chi connectivity index (χ2n) is 3.87. The Balaban J connectivity index is 2.20. The van der Waals surface area contributed by atoms with Gasteiger partial charge in [-0.2, -0.15) is 0 Å². The second-order valence-corrected chi connectivity index (χ2v) is 3.87. The Morgan fingerprint density at radius 2 is 2.16 bits per heavy atom. The molecule has 1 heterocycles. The monoisotopic (exact) mass is 260 g/mol. The lowest BCUT2D eigenvalue weighted by Gasteiger charge is -2.07. The standard InChI is InChI=1S/C13H12N2O4/c16-8-10-3-4-12(15(17)18)13(6-10)19-9-11-2-1-5-14-7-11/h1-7,16H,8-9H2. The first-order valence-corrected chi connectivity index (χ1v) is 5.60. The van der Waals surface area contributed by atoms with Crippen molar-refractivity contribution in [1.82, 2.24) is 4.98 Å². The van der Waals surface area contributed by atoms with Gasteiger partial charge in [0.15, 0.2) is 5.75 Å². The highest BCUT2D eigenvalue weighted by molar-refractivity contribution is 5.48. The molecule has 2 rings (SSSR count). The van der Waals surface area contributed by atoms with Gasteiger partial charge in [0.05, 0.1) is 11.5 Å². The van der Waals surface area contributed by atoms with E-state index in [1.807, 2.05) is 6.07 Å². The Kier molecular flexibility index (Phi) is 4.04. The first kappa shape index (κ1) is 13.0. The maximum atomic E-state index is 10.9. The van der Waals surface area contributed by atoms with E-state index in [0.29, 0.717) is 5.56 Å². The molecule has 1 aromatic heterocycles. The van der Waals surface area contributed by atoms with Gasteiger partial charge in [0, 0.05) is 24.0 Å². The van der Waals surface area contributed by atoms with Gasteiger partial charge in [-0.15, -0.1) is 0 Å². The summed E-state index contributed by atoms with van der Waals surface area (Å²) in [6.07, 6.45) is 3.26. The molecule has 6 heteroatoms. The average molecular weight is 260 g/mol. The highest BCUT2D eigenvalue weighted by Crippen LogP contribution is 2.28. The molecule has 0 radical (unpaired) electrons. The molecule has 6 nitrogen and oxygen atoms in total. The van der Waals surface area contributed by atoms with E-state index < -0.39 is 4.92 Å². The number of ether oxygens (including phenoxy) is 1. The smallest absolute Gasteiger partial charge is 0.310 e. The molecule has 0 amide bonds. The van der Waals surface area contributed by atoms with Crippen LogP contribution in [0.5, 0.6) is 5.75 Å². The number of aromatic nitrogens is 1. The van der Waals surface area contributed by atoms with E-state index in [1.165, 1.54) is 18.2 Å². The van der Waals surface area contributed by atoms with Crippen molar-refractivity contribution < 1.29 is 14.8 Å². The zero-order chi connectivity index (χ0) is 13.7. The molecule has 0 aliphatic rings. The fourth-order valence-corrected chi connectivity index (χ4v) is 1.57. The van der Waals surface area contributed by atoms with Crippen LogP contribution in [-0.2, 0) is 13.2 Å². The Morgan fingerprint density at radius 1 is 1.32 bits per heavy atom. The fourth-order valence-electron chi connectivity index (χ4n) is 1.57. The molecule has 0 spiro atoms. The van der Waals surface area contributed by atoms with Crippen LogP contribution in [0.3, 0.4) is 0 Å². The van der Waals surface area contributed by atoms with Crippen LogP contribution < -0.4 is 4.74 Å². The SMILES string of the molecule is O=[N+]([O-])c1ccc(CO)cc1OCc1cccnc1. The summed E-state index contributed by atoms with van der Waals surface area (Å²) in [4.78, 5) is 14.3. The number of nitro benzene ring substituents is 1. The van der Waals surface area contributed by atoms with E-state index in [0.717, 1.165) is 5.56 Å². The molecule has 2 aromatic rings. The maximum absolute atomic E-state index is 10.9. The van der Waals surface area contributed by atoms with E-state index in [9.17, 15) is 10.1 Å². The predicted molar refractivity (Wildman–Crippen MR) is 67.6 cm³/mol. The molecule has 0 aliphatic heterocycles. The van der Waals surface area contributed by atoms with E-state index >= 15 is 0 Å². The molecule has 0 atom stereocenters. The van der Waals surface area contributed by atoms with Crippen LogP contribution in [0.15, 0.2) is 42.7 Å². The van der Waals surface area contributed by atoms with E-state index in [2.05, 4.69) is 4.98 Å². The van der Waals surface area contributed by atoms with Crippen molar-refractivity contribution in [3.63, 3.8) is 0 Å². The van der Waals surface area contributed by atoms with Crippen LogP contribution in [0.2, 0.25) is 0 Å². The zero-order valence-corrected chi connectivity index (χ0v) is 10.0. The van der Waals surface area contributed by atoms with Crippen LogP contribution in [0.1, 0.15) is 11.1 Å². The number of nitrogens with zero attached hydrogens (tertiary/aromatic N) is 2. The van der Waals surface area contributed by atoms with Gasteiger partial charge in [-0.1, -0.05) is 6.07 Å². The highest BCUT2D eigenvalue weighted by Gasteiger charge is 2.15. The number of nitro groups is 1. The van der Waals surface area contributed by atoms with Gasteiger partial charge >= 0.3 is 5.69 Å². The highest BCUT2D eigenvalue weighted by atomic mass is 16.6. The number of rotatable bonds is 5. The first-order chi connectivity index (χ1) is 9.20. The molecule has 0 fully saturated rings. The lowest BCUT2D eigenvalue weighted by molar-refractivity contribution is -0.386. The minimum absolute atomic E-state index is 0.124. The van der Waals surface area contributed by atoms with Crippen molar-refractivity contribution in [1.29, 1.82) is 0 Å². The third-order valence-corrected chi connectivity index (χ3v) is 2.52. The molecule has 0 unspecified atom stereocenters. The van der Waals surface area contributed by atoms with Gasteiger partial charge in [-0.05, 0) is 23.8 Å². The van der Waals surface area contributed by atoms with Gasteiger partial charge in [0.2, 0.25) is 0 Å². The van der Waals surface area contributed by atoms with E-state index in [1.54, 1.807) is 18.5 Å². The second kappa shape index (κ2) is 5.92. The van der Waals surface area contributed by atoms with Crippen LogP contribution in [-0.4, -0.2) is 15.0 Å². The average Bonchev–Trinajstić information content (AvgIpc) is 2.45. The van der Waals surface area contributed by atoms with Gasteiger partial charge in [0.1, 0.15) is 6.61 Å². The fraction of sp³-hybridized carbons (Fsp3) is 0.154. The molecule has 0 bridgehead atoms. The van der Waals surface area contributed by atoms with Gasteiger partial charge in [-0.25, -0.2) is 0 Å². The molecular formula is C13H12N2O4. The predicted octanol–water partition coefficient (Wildman–Crippen LogP) is 2.06. The van der Waals surface area contributed by atoms with Crippen molar-refractivity contribution in [2.45, 2.75) is 13.2 Å². The number of hydrogen-bond acceptors (Lipinski definition) is 5. The lowest BCUT2D eigenvalue weighted by Crippen LogP contribution is -2.00. The van der Waals surface area contributed by atoms with Crippen molar-refractivity contribution in [2.24, 2.45) is 0 Å². The molecular weight excluding hydrogens is 248 g/mol. The van der Waals surface area contributed by atoms with Crippen molar-refractivity contribution in [3.8, 4) is 5.75 Å². The van der Waals surface area contributed by atoms with Gasteiger partial charge in [0.25, 0.3) is 0 Å². The number of hydrogen-bond donors (Lipinski definition) is 1. The van der Waals surface area contributed by atoms with Crippen LogP contribution in [0, 0.1) is 10.1 Å². The van der Waals surface area contributed by atoms with Gasteiger partial charge in [-0.3, -0.25) is 15.1 Å². The molecule has 19 heavy (non-hydrogen) atoms. The molecule has 1 N–H and O–H groups in total. The molecule has 0 saturated carbocycles. The summed E-state index contributed by atoms with van der Waals surface area (Å²) in [6, 6.07) is 7.86. The number of aliphatic hydroxyl groups is 1. The normalized spacial score (nSPS) is 10.2. The van der Waals surface area contributed by atoms with Crippen LogP contribution in [0.25, 0.3) is 0 Å².